The van der Waals surface area contributed by atoms with Gasteiger partial charge in [-0.2, -0.15) is 0 Å². The molecule has 0 radical (unpaired) electrons. The number of hydrogen-bond acceptors (Lipinski definition) is 3. The van der Waals surface area contributed by atoms with Crippen LogP contribution in [0.3, 0.4) is 0 Å². The molecule has 1 atom stereocenters. The zero-order valence-corrected chi connectivity index (χ0v) is 6.76. The average Bonchev–Trinajstić information content (AvgIpc) is 1.87. The van der Waals surface area contributed by atoms with Crippen molar-refractivity contribution in [2.24, 2.45) is 0 Å². The minimum atomic E-state index is -0.534. The van der Waals surface area contributed by atoms with Crippen LogP contribution in [0.4, 0.5) is 0 Å². The van der Waals surface area contributed by atoms with Crippen LogP contribution >= 0.6 is 0 Å². The van der Waals surface area contributed by atoms with Gasteiger partial charge in [-0.1, -0.05) is 5.92 Å². The van der Waals surface area contributed by atoms with E-state index in [9.17, 15) is 4.79 Å². The van der Waals surface area contributed by atoms with Gasteiger partial charge in [0.1, 0.15) is 0 Å². The second-order valence-electron chi connectivity index (χ2n) is 2.08. The standard InChI is InChI=1S/C8H12O3/c1-3-11-8(10)6-4-5-7(2)9/h7,9H,3,5H2,1-2H3/t7-/m1/s1. The Labute approximate surface area is 66.4 Å². The third-order valence-corrected chi connectivity index (χ3v) is 0.863. The fourth-order valence-corrected chi connectivity index (χ4v) is 0.438. The molecule has 0 aromatic rings. The highest BCUT2D eigenvalue weighted by Crippen LogP contribution is 1.85. The lowest BCUT2D eigenvalue weighted by atomic mass is 10.3. The molecule has 0 spiro atoms. The molecular weight excluding hydrogens is 144 g/mol. The molecule has 0 aliphatic rings. The van der Waals surface area contributed by atoms with Crippen molar-refractivity contribution in [2.75, 3.05) is 6.61 Å². The summed E-state index contributed by atoms with van der Waals surface area (Å²) in [4.78, 5) is 10.5. The zero-order chi connectivity index (χ0) is 8.69. The predicted molar refractivity (Wildman–Crippen MR) is 40.7 cm³/mol. The van der Waals surface area contributed by atoms with Gasteiger partial charge in [-0.05, 0) is 13.8 Å². The molecule has 0 fully saturated rings. The molecule has 0 aliphatic heterocycles. The van der Waals surface area contributed by atoms with Gasteiger partial charge in [0.25, 0.3) is 0 Å². The Hall–Kier alpha value is -1.01. The van der Waals surface area contributed by atoms with Crippen molar-refractivity contribution >= 4 is 5.97 Å². The molecule has 0 heterocycles. The molecule has 0 rings (SSSR count). The van der Waals surface area contributed by atoms with Crippen LogP contribution in [0.15, 0.2) is 0 Å². The fourth-order valence-electron chi connectivity index (χ4n) is 0.438. The second-order valence-corrected chi connectivity index (χ2v) is 2.08. The number of esters is 1. The number of rotatable bonds is 2. The topological polar surface area (TPSA) is 46.5 Å². The minimum absolute atomic E-state index is 0.304. The van der Waals surface area contributed by atoms with E-state index >= 15 is 0 Å². The normalized spacial score (nSPS) is 11.2. The van der Waals surface area contributed by atoms with E-state index in [2.05, 4.69) is 16.6 Å². The largest absolute Gasteiger partial charge is 0.456 e. The van der Waals surface area contributed by atoms with Crippen LogP contribution in [0.2, 0.25) is 0 Å². The quantitative estimate of drug-likeness (QED) is 0.356. The van der Waals surface area contributed by atoms with Crippen LogP contribution in [0.25, 0.3) is 0 Å². The zero-order valence-electron chi connectivity index (χ0n) is 6.76. The lowest BCUT2D eigenvalue weighted by molar-refractivity contribution is -0.136. The van der Waals surface area contributed by atoms with Gasteiger partial charge in [0, 0.05) is 12.3 Å². The monoisotopic (exact) mass is 156 g/mol. The summed E-state index contributed by atoms with van der Waals surface area (Å²) in [5.74, 6) is 4.20. The summed E-state index contributed by atoms with van der Waals surface area (Å²) in [7, 11) is 0. The van der Waals surface area contributed by atoms with Gasteiger partial charge in [0.05, 0.1) is 12.7 Å². The van der Waals surface area contributed by atoms with Crippen LogP contribution in [-0.4, -0.2) is 23.8 Å². The first-order valence-corrected chi connectivity index (χ1v) is 3.50. The molecule has 62 valence electrons. The highest BCUT2D eigenvalue weighted by molar-refractivity contribution is 5.88. The summed E-state index contributed by atoms with van der Waals surface area (Å²) in [5, 5.41) is 8.74. The Morgan fingerprint density at radius 1 is 1.73 bits per heavy atom. The number of aliphatic hydroxyl groups is 1. The van der Waals surface area contributed by atoms with Crippen molar-refractivity contribution in [3.05, 3.63) is 0 Å². The highest BCUT2D eigenvalue weighted by atomic mass is 16.5. The number of carbonyl (C=O) groups excluding carboxylic acids is 1. The van der Waals surface area contributed by atoms with E-state index in [-0.39, 0.29) is 0 Å². The first-order chi connectivity index (χ1) is 5.16. The number of ether oxygens (including phenoxy) is 1. The predicted octanol–water partition coefficient (Wildman–Crippen LogP) is 0.324. The maximum absolute atomic E-state index is 10.5. The summed E-state index contributed by atoms with van der Waals surface area (Å²) in [6, 6.07) is 0. The molecule has 0 aliphatic carbocycles. The maximum Gasteiger partial charge on any atom is 0.384 e. The molecule has 3 heteroatoms. The minimum Gasteiger partial charge on any atom is -0.456 e. The number of carbonyl (C=O) groups is 1. The fraction of sp³-hybridized carbons (Fsp3) is 0.625. The molecule has 11 heavy (non-hydrogen) atoms. The van der Waals surface area contributed by atoms with Crippen molar-refractivity contribution in [2.45, 2.75) is 26.4 Å². The van der Waals surface area contributed by atoms with Crippen LogP contribution < -0.4 is 0 Å². The van der Waals surface area contributed by atoms with Crippen molar-refractivity contribution < 1.29 is 14.6 Å². The van der Waals surface area contributed by atoms with Crippen molar-refractivity contribution in [3.8, 4) is 11.8 Å². The van der Waals surface area contributed by atoms with Crippen LogP contribution in [0.5, 0.6) is 0 Å². The van der Waals surface area contributed by atoms with Gasteiger partial charge in [0.15, 0.2) is 0 Å². The third kappa shape index (κ3) is 6.88. The van der Waals surface area contributed by atoms with Crippen molar-refractivity contribution in [1.29, 1.82) is 0 Å². The van der Waals surface area contributed by atoms with Crippen molar-refractivity contribution in [1.82, 2.24) is 0 Å². The van der Waals surface area contributed by atoms with Gasteiger partial charge < -0.3 is 9.84 Å². The maximum atomic E-state index is 10.5. The average molecular weight is 156 g/mol. The van der Waals surface area contributed by atoms with E-state index in [1.54, 1.807) is 13.8 Å². The molecule has 0 saturated heterocycles. The second kappa shape index (κ2) is 5.75. The third-order valence-electron chi connectivity index (χ3n) is 0.863. The molecule has 0 saturated carbocycles. The summed E-state index contributed by atoms with van der Waals surface area (Å²) in [6.45, 7) is 3.66. The summed E-state index contributed by atoms with van der Waals surface area (Å²) in [5.41, 5.74) is 0. The van der Waals surface area contributed by atoms with E-state index in [1.807, 2.05) is 0 Å². The lowest BCUT2D eigenvalue weighted by Crippen LogP contribution is -2.01. The number of hydrogen-bond donors (Lipinski definition) is 1. The van der Waals surface area contributed by atoms with E-state index in [4.69, 9.17) is 5.11 Å². The molecule has 0 aromatic carbocycles. The molecule has 0 aromatic heterocycles. The van der Waals surface area contributed by atoms with Crippen LogP contribution in [0.1, 0.15) is 20.3 Å². The van der Waals surface area contributed by atoms with E-state index < -0.39 is 12.1 Å². The lowest BCUT2D eigenvalue weighted by Gasteiger charge is -1.93. The number of aliphatic hydroxyl groups excluding tert-OH is 1. The molecule has 1 N–H and O–H groups in total. The first kappa shape index (κ1) is 9.99. The highest BCUT2D eigenvalue weighted by Gasteiger charge is 1.93. The van der Waals surface area contributed by atoms with E-state index in [1.165, 1.54) is 0 Å². The summed E-state index contributed by atoms with van der Waals surface area (Å²) < 4.78 is 4.53. The molecule has 0 unspecified atom stereocenters. The van der Waals surface area contributed by atoms with Crippen molar-refractivity contribution in [3.63, 3.8) is 0 Å². The molecule has 0 bridgehead atoms. The van der Waals surface area contributed by atoms with E-state index in [0.29, 0.717) is 13.0 Å². The van der Waals surface area contributed by atoms with Gasteiger partial charge in [-0.25, -0.2) is 4.79 Å². The molecular formula is C8H12O3. The summed E-state index contributed by atoms with van der Waals surface area (Å²) >= 11 is 0. The Balaban J connectivity index is 3.60. The van der Waals surface area contributed by atoms with Gasteiger partial charge in [-0.3, -0.25) is 0 Å². The Morgan fingerprint density at radius 3 is 2.82 bits per heavy atom. The smallest absolute Gasteiger partial charge is 0.384 e. The Morgan fingerprint density at radius 2 is 2.36 bits per heavy atom. The van der Waals surface area contributed by atoms with Gasteiger partial charge in [0.2, 0.25) is 0 Å². The van der Waals surface area contributed by atoms with E-state index in [0.717, 1.165) is 0 Å². The molecule has 0 amide bonds. The summed E-state index contributed by atoms with van der Waals surface area (Å²) in [6.07, 6.45) is -0.185. The van der Waals surface area contributed by atoms with Crippen LogP contribution in [-0.2, 0) is 9.53 Å². The Bertz CT molecular complexity index is 174. The van der Waals surface area contributed by atoms with Gasteiger partial charge >= 0.3 is 5.97 Å². The van der Waals surface area contributed by atoms with Crippen LogP contribution in [0, 0.1) is 11.8 Å². The van der Waals surface area contributed by atoms with Gasteiger partial charge in [-0.15, -0.1) is 0 Å². The first-order valence-electron chi connectivity index (χ1n) is 3.50. The SMILES string of the molecule is CCOC(=O)C#CC[C@@H](C)O. The molecule has 3 nitrogen and oxygen atoms in total. The Kier molecular flexibility index (Phi) is 5.22.